The number of ether oxygens (including phenoxy) is 4. The van der Waals surface area contributed by atoms with Crippen molar-refractivity contribution in [1.29, 1.82) is 0 Å². The SMILES string of the molecule is CCCCCc1c(CBr)nc2cc(OC)c(OC)cc2c1-c1ccc(OC)c(OC)c1. The molecule has 1 heterocycles. The summed E-state index contributed by atoms with van der Waals surface area (Å²) < 4.78 is 22.2. The van der Waals surface area contributed by atoms with Crippen LogP contribution in [0.25, 0.3) is 22.0 Å². The summed E-state index contributed by atoms with van der Waals surface area (Å²) >= 11 is 3.66. The van der Waals surface area contributed by atoms with E-state index in [-0.39, 0.29) is 0 Å². The molecule has 0 aliphatic carbocycles. The van der Waals surface area contributed by atoms with Crippen molar-refractivity contribution in [2.24, 2.45) is 0 Å². The minimum absolute atomic E-state index is 0.667. The third-order valence-electron chi connectivity index (χ3n) is 5.51. The van der Waals surface area contributed by atoms with Gasteiger partial charge in [-0.05, 0) is 47.7 Å². The summed E-state index contributed by atoms with van der Waals surface area (Å²) in [5.41, 5.74) is 5.37. The van der Waals surface area contributed by atoms with Crippen molar-refractivity contribution in [3.8, 4) is 34.1 Å². The normalized spacial score (nSPS) is 10.9. The van der Waals surface area contributed by atoms with Gasteiger partial charge in [-0.3, -0.25) is 4.98 Å². The lowest BCUT2D eigenvalue weighted by molar-refractivity contribution is 0.355. The Morgan fingerprint density at radius 2 is 1.45 bits per heavy atom. The molecule has 0 spiro atoms. The first-order valence-electron chi connectivity index (χ1n) is 10.5. The fraction of sp³-hybridized carbons (Fsp3) is 0.400. The average molecular weight is 488 g/mol. The number of unbranched alkanes of at least 4 members (excludes halogenated alkanes) is 2. The minimum Gasteiger partial charge on any atom is -0.493 e. The van der Waals surface area contributed by atoms with Crippen LogP contribution in [0.15, 0.2) is 30.3 Å². The van der Waals surface area contributed by atoms with Crippen LogP contribution in [0.2, 0.25) is 0 Å². The smallest absolute Gasteiger partial charge is 0.162 e. The van der Waals surface area contributed by atoms with Crippen molar-refractivity contribution in [2.75, 3.05) is 28.4 Å². The van der Waals surface area contributed by atoms with Gasteiger partial charge in [0, 0.05) is 16.8 Å². The molecule has 0 radical (unpaired) electrons. The van der Waals surface area contributed by atoms with Gasteiger partial charge < -0.3 is 18.9 Å². The van der Waals surface area contributed by atoms with Crippen LogP contribution in [-0.2, 0) is 11.8 Å². The number of hydrogen-bond acceptors (Lipinski definition) is 5. The van der Waals surface area contributed by atoms with Crippen molar-refractivity contribution in [3.63, 3.8) is 0 Å². The fourth-order valence-corrected chi connectivity index (χ4v) is 4.40. The van der Waals surface area contributed by atoms with Crippen molar-refractivity contribution in [2.45, 2.75) is 37.9 Å². The number of methoxy groups -OCH3 is 4. The number of halogens is 1. The Morgan fingerprint density at radius 1 is 0.806 bits per heavy atom. The molecule has 2 aromatic carbocycles. The minimum atomic E-state index is 0.667. The predicted octanol–water partition coefficient (Wildman–Crippen LogP) is 6.56. The van der Waals surface area contributed by atoms with E-state index in [2.05, 4.69) is 28.9 Å². The molecule has 3 aromatic rings. The predicted molar refractivity (Wildman–Crippen MR) is 129 cm³/mol. The number of benzene rings is 2. The highest BCUT2D eigenvalue weighted by molar-refractivity contribution is 9.08. The van der Waals surface area contributed by atoms with E-state index in [1.807, 2.05) is 24.3 Å². The van der Waals surface area contributed by atoms with Crippen molar-refractivity contribution in [1.82, 2.24) is 4.98 Å². The number of hydrogen-bond donors (Lipinski definition) is 0. The van der Waals surface area contributed by atoms with E-state index in [1.54, 1.807) is 28.4 Å². The van der Waals surface area contributed by atoms with Crippen LogP contribution >= 0.6 is 15.9 Å². The largest absolute Gasteiger partial charge is 0.493 e. The van der Waals surface area contributed by atoms with Crippen LogP contribution < -0.4 is 18.9 Å². The van der Waals surface area contributed by atoms with E-state index in [9.17, 15) is 0 Å². The maximum atomic E-state index is 5.60. The number of rotatable bonds is 10. The molecule has 0 saturated carbocycles. The Hall–Kier alpha value is -2.47. The fourth-order valence-electron chi connectivity index (χ4n) is 3.93. The molecule has 0 atom stereocenters. The maximum absolute atomic E-state index is 5.60. The van der Waals surface area contributed by atoms with Crippen LogP contribution in [0.4, 0.5) is 0 Å². The van der Waals surface area contributed by atoms with E-state index in [1.165, 1.54) is 18.4 Å². The lowest BCUT2D eigenvalue weighted by Gasteiger charge is -2.19. The summed E-state index contributed by atoms with van der Waals surface area (Å²) in [4.78, 5) is 4.98. The summed E-state index contributed by atoms with van der Waals surface area (Å²) in [6, 6.07) is 10.0. The molecule has 3 rings (SSSR count). The third-order valence-corrected chi connectivity index (χ3v) is 6.04. The van der Waals surface area contributed by atoms with Crippen molar-refractivity contribution in [3.05, 3.63) is 41.6 Å². The maximum Gasteiger partial charge on any atom is 0.162 e. The first-order chi connectivity index (χ1) is 15.1. The molecule has 0 fully saturated rings. The van der Waals surface area contributed by atoms with Gasteiger partial charge in [-0.1, -0.05) is 41.8 Å². The van der Waals surface area contributed by atoms with E-state index in [0.29, 0.717) is 28.3 Å². The third kappa shape index (κ3) is 4.74. The second-order valence-electron chi connectivity index (χ2n) is 7.30. The summed E-state index contributed by atoms with van der Waals surface area (Å²) in [5.74, 6) is 2.76. The molecule has 0 aliphatic rings. The van der Waals surface area contributed by atoms with Gasteiger partial charge in [0.2, 0.25) is 0 Å². The summed E-state index contributed by atoms with van der Waals surface area (Å²) in [7, 11) is 6.60. The number of fused-ring (bicyclic) bond motifs is 1. The standard InChI is InChI=1S/C25H30BrNO4/c1-6-7-8-9-17-20(15-26)27-19-14-24(31-5)23(30-4)13-18(19)25(17)16-10-11-21(28-2)22(12-16)29-3/h10-14H,6-9,15H2,1-5H3. The van der Waals surface area contributed by atoms with Crippen LogP contribution in [0, 0.1) is 0 Å². The number of aromatic nitrogens is 1. The van der Waals surface area contributed by atoms with E-state index >= 15 is 0 Å². The Bertz CT molecular complexity index is 1050. The quantitative estimate of drug-likeness (QED) is 0.239. The van der Waals surface area contributed by atoms with Crippen LogP contribution in [0.3, 0.4) is 0 Å². The number of nitrogens with zero attached hydrogens (tertiary/aromatic N) is 1. The second-order valence-corrected chi connectivity index (χ2v) is 7.86. The van der Waals surface area contributed by atoms with Gasteiger partial charge in [0.25, 0.3) is 0 Å². The van der Waals surface area contributed by atoms with Crippen LogP contribution in [0.1, 0.15) is 37.4 Å². The van der Waals surface area contributed by atoms with Gasteiger partial charge in [0.1, 0.15) is 0 Å². The van der Waals surface area contributed by atoms with Gasteiger partial charge in [0.15, 0.2) is 23.0 Å². The zero-order valence-electron chi connectivity index (χ0n) is 18.9. The van der Waals surface area contributed by atoms with Crippen molar-refractivity contribution >= 4 is 26.8 Å². The summed E-state index contributed by atoms with van der Waals surface area (Å²) in [5, 5.41) is 1.71. The van der Waals surface area contributed by atoms with Gasteiger partial charge >= 0.3 is 0 Å². The molecule has 0 N–H and O–H groups in total. The highest BCUT2D eigenvalue weighted by atomic mass is 79.9. The lowest BCUT2D eigenvalue weighted by Crippen LogP contribution is -2.03. The molecular weight excluding hydrogens is 458 g/mol. The zero-order chi connectivity index (χ0) is 22.4. The second kappa shape index (κ2) is 10.7. The van der Waals surface area contributed by atoms with Gasteiger partial charge in [0.05, 0.1) is 39.6 Å². The highest BCUT2D eigenvalue weighted by Gasteiger charge is 2.20. The number of alkyl halides is 1. The first-order valence-corrected chi connectivity index (χ1v) is 11.6. The molecular formula is C25H30BrNO4. The molecule has 6 heteroatoms. The van der Waals surface area contributed by atoms with Crippen LogP contribution in [0.5, 0.6) is 23.0 Å². The molecule has 0 aliphatic heterocycles. The monoisotopic (exact) mass is 487 g/mol. The zero-order valence-corrected chi connectivity index (χ0v) is 20.5. The summed E-state index contributed by atoms with van der Waals surface area (Å²) in [6.45, 7) is 2.22. The van der Waals surface area contributed by atoms with E-state index in [0.717, 1.165) is 40.6 Å². The molecule has 0 bridgehead atoms. The van der Waals surface area contributed by atoms with Crippen LogP contribution in [-0.4, -0.2) is 33.4 Å². The topological polar surface area (TPSA) is 49.8 Å². The Labute approximate surface area is 192 Å². The first kappa shape index (κ1) is 23.2. The lowest BCUT2D eigenvalue weighted by atomic mass is 9.91. The van der Waals surface area contributed by atoms with E-state index in [4.69, 9.17) is 23.9 Å². The Morgan fingerprint density at radius 3 is 2.06 bits per heavy atom. The molecule has 5 nitrogen and oxygen atoms in total. The molecule has 31 heavy (non-hydrogen) atoms. The van der Waals surface area contributed by atoms with Crippen molar-refractivity contribution < 1.29 is 18.9 Å². The van der Waals surface area contributed by atoms with E-state index < -0.39 is 0 Å². The molecule has 0 amide bonds. The average Bonchev–Trinajstić information content (AvgIpc) is 2.82. The number of pyridine rings is 1. The van der Waals surface area contributed by atoms with Gasteiger partial charge in [-0.15, -0.1) is 0 Å². The molecule has 0 unspecified atom stereocenters. The van der Waals surface area contributed by atoms with Gasteiger partial charge in [-0.25, -0.2) is 0 Å². The summed E-state index contributed by atoms with van der Waals surface area (Å²) in [6.07, 6.45) is 4.41. The molecule has 0 saturated heterocycles. The Kier molecular flexibility index (Phi) is 8.02. The molecule has 166 valence electrons. The van der Waals surface area contributed by atoms with Gasteiger partial charge in [-0.2, -0.15) is 0 Å². The molecule has 1 aromatic heterocycles. The Balaban J connectivity index is 2.36. The highest BCUT2D eigenvalue weighted by Crippen LogP contribution is 2.42.